The van der Waals surface area contributed by atoms with Crippen molar-refractivity contribution >= 4 is 21.6 Å². The van der Waals surface area contributed by atoms with Gasteiger partial charge in [-0.2, -0.15) is 0 Å². The molecule has 192 valence electrons. The third kappa shape index (κ3) is 5.55. The minimum atomic E-state index is -3.87. The number of benzene rings is 2. The van der Waals surface area contributed by atoms with Gasteiger partial charge >= 0.3 is 0 Å². The number of nitrogens with zero attached hydrogens (tertiary/aromatic N) is 3. The molecule has 1 aromatic heterocycles. The molecule has 2 aromatic carbocycles. The average molecular weight is 531 g/mol. The molecule has 8 nitrogen and oxygen atoms in total. The number of rotatable bonds is 9. The summed E-state index contributed by atoms with van der Waals surface area (Å²) in [7, 11) is -1.70. The number of piperazine rings is 1. The van der Waals surface area contributed by atoms with E-state index in [-0.39, 0.29) is 11.7 Å². The second-order valence-electron chi connectivity index (χ2n) is 9.24. The summed E-state index contributed by atoms with van der Waals surface area (Å²) in [6, 6.07) is 13.7. The maximum absolute atomic E-state index is 13.6. The summed E-state index contributed by atoms with van der Waals surface area (Å²) in [5.41, 5.74) is 2.17. The van der Waals surface area contributed by atoms with Crippen LogP contribution >= 0.6 is 11.6 Å². The summed E-state index contributed by atoms with van der Waals surface area (Å²) in [6.07, 6.45) is 2.73. The van der Waals surface area contributed by atoms with Gasteiger partial charge in [0.15, 0.2) is 11.5 Å². The van der Waals surface area contributed by atoms with Gasteiger partial charge in [0.2, 0.25) is 6.79 Å². The van der Waals surface area contributed by atoms with Crippen molar-refractivity contribution in [1.29, 1.82) is 0 Å². The number of fused-ring (bicyclic) bond motifs is 1. The molecule has 1 N–H and O–H groups in total. The minimum Gasteiger partial charge on any atom is -0.454 e. The van der Waals surface area contributed by atoms with Crippen LogP contribution < -0.4 is 14.8 Å². The third-order valence-electron chi connectivity index (χ3n) is 6.62. The summed E-state index contributed by atoms with van der Waals surface area (Å²) in [6.45, 7) is 7.10. The molecule has 0 saturated carbocycles. The third-order valence-corrected chi connectivity index (χ3v) is 8.52. The molecule has 10 heteroatoms. The first-order chi connectivity index (χ1) is 17.4. The van der Waals surface area contributed by atoms with Gasteiger partial charge in [-0.25, -0.2) is 12.4 Å². The Morgan fingerprint density at radius 2 is 1.81 bits per heavy atom. The summed E-state index contributed by atoms with van der Waals surface area (Å²) in [4.78, 5) is 4.99. The first kappa shape index (κ1) is 25.1. The van der Waals surface area contributed by atoms with Crippen molar-refractivity contribution in [1.82, 2.24) is 19.1 Å². The number of nitrogens with one attached hydrogen (secondary N) is 1. The van der Waals surface area contributed by atoms with Crippen LogP contribution in [0.1, 0.15) is 12.0 Å². The summed E-state index contributed by atoms with van der Waals surface area (Å²) in [5, 5.41) is 3.84. The Morgan fingerprint density at radius 3 is 2.61 bits per heavy atom. The molecular weight excluding hydrogens is 500 g/mol. The molecule has 0 atom stereocenters. The zero-order valence-corrected chi connectivity index (χ0v) is 21.9. The monoisotopic (exact) mass is 530 g/mol. The van der Waals surface area contributed by atoms with E-state index in [4.69, 9.17) is 21.1 Å². The van der Waals surface area contributed by atoms with Crippen molar-refractivity contribution in [3.05, 3.63) is 65.3 Å². The van der Waals surface area contributed by atoms with Gasteiger partial charge in [-0.1, -0.05) is 17.7 Å². The molecule has 3 aromatic rings. The molecule has 1 saturated heterocycles. The molecule has 0 spiro atoms. The summed E-state index contributed by atoms with van der Waals surface area (Å²) >= 11 is 6.11. The lowest BCUT2D eigenvalue weighted by Crippen LogP contribution is -2.45. The van der Waals surface area contributed by atoms with Crippen LogP contribution in [-0.4, -0.2) is 75.3 Å². The lowest BCUT2D eigenvalue weighted by Gasteiger charge is -2.32. The molecule has 0 bridgehead atoms. The van der Waals surface area contributed by atoms with Crippen LogP contribution in [0, 0.1) is 0 Å². The van der Waals surface area contributed by atoms with Crippen molar-refractivity contribution in [2.75, 3.05) is 53.1 Å². The highest BCUT2D eigenvalue weighted by Crippen LogP contribution is 2.37. The van der Waals surface area contributed by atoms with E-state index in [1.165, 1.54) is 10.0 Å². The normalized spacial score (nSPS) is 16.5. The standard InChI is InChI=1S/C26H31ClN4O4S/c1-29-10-12-30(13-11-29)9-3-8-28-17-20-14-24(21-6-7-25-26(15-21)35-19-34-25)31(18-20)36(32,33)23-5-2-4-22(27)16-23/h2,4-7,14-16,18,28H,3,8-13,17,19H2,1H3. The number of likely N-dealkylation sites (N-methyl/N-ethyl adjacent to an activating group) is 1. The SMILES string of the molecule is CN1CCN(CCCNCc2cc(-c3ccc4c(c3)OCO4)n(S(=O)(=O)c3cccc(Cl)c3)c2)CC1. The average Bonchev–Trinajstić information content (AvgIpc) is 3.52. The highest BCUT2D eigenvalue weighted by molar-refractivity contribution is 7.90. The van der Waals surface area contributed by atoms with Crippen molar-refractivity contribution in [2.24, 2.45) is 0 Å². The van der Waals surface area contributed by atoms with Gasteiger partial charge in [-0.05, 0) is 74.6 Å². The Morgan fingerprint density at radius 1 is 1.00 bits per heavy atom. The van der Waals surface area contributed by atoms with E-state index in [9.17, 15) is 8.42 Å². The topological polar surface area (TPSA) is 76.0 Å². The molecule has 36 heavy (non-hydrogen) atoms. The summed E-state index contributed by atoms with van der Waals surface area (Å²) in [5.74, 6) is 1.25. The fraction of sp³-hybridized carbons (Fsp3) is 0.385. The lowest BCUT2D eigenvalue weighted by atomic mass is 10.1. The quantitative estimate of drug-likeness (QED) is 0.424. The van der Waals surface area contributed by atoms with Crippen LogP contribution in [0.3, 0.4) is 0 Å². The van der Waals surface area contributed by atoms with E-state index in [2.05, 4.69) is 22.2 Å². The van der Waals surface area contributed by atoms with Gasteiger partial charge in [0.05, 0.1) is 10.6 Å². The molecule has 0 radical (unpaired) electrons. The highest BCUT2D eigenvalue weighted by atomic mass is 35.5. The van der Waals surface area contributed by atoms with Crippen LogP contribution in [-0.2, 0) is 16.6 Å². The zero-order chi connectivity index (χ0) is 25.1. The minimum absolute atomic E-state index is 0.138. The molecule has 0 unspecified atom stereocenters. The Labute approximate surface area is 217 Å². The molecule has 2 aliphatic rings. The number of aromatic nitrogens is 1. The van der Waals surface area contributed by atoms with Gasteiger partial charge in [0, 0.05) is 49.5 Å². The van der Waals surface area contributed by atoms with Crippen LogP contribution in [0.5, 0.6) is 11.5 Å². The zero-order valence-electron chi connectivity index (χ0n) is 20.3. The second-order valence-corrected chi connectivity index (χ2v) is 11.5. The molecule has 1 fully saturated rings. The van der Waals surface area contributed by atoms with Crippen LogP contribution in [0.2, 0.25) is 5.02 Å². The number of halogens is 1. The predicted octanol–water partition coefficient (Wildman–Crippen LogP) is 3.50. The van der Waals surface area contributed by atoms with Gasteiger partial charge in [0.25, 0.3) is 10.0 Å². The number of hydrogen-bond acceptors (Lipinski definition) is 7. The first-order valence-corrected chi connectivity index (χ1v) is 14.0. The largest absolute Gasteiger partial charge is 0.454 e. The molecule has 3 heterocycles. The second kappa shape index (κ2) is 10.8. The maximum atomic E-state index is 13.6. The van der Waals surface area contributed by atoms with Crippen LogP contribution in [0.15, 0.2) is 59.6 Å². The van der Waals surface area contributed by atoms with Gasteiger partial charge < -0.3 is 24.6 Å². The smallest absolute Gasteiger partial charge is 0.268 e. The molecule has 0 amide bonds. The van der Waals surface area contributed by atoms with Crippen molar-refractivity contribution in [3.8, 4) is 22.8 Å². The number of hydrogen-bond donors (Lipinski definition) is 1. The van der Waals surface area contributed by atoms with E-state index in [0.717, 1.165) is 56.8 Å². The first-order valence-electron chi connectivity index (χ1n) is 12.1. The highest BCUT2D eigenvalue weighted by Gasteiger charge is 2.24. The lowest BCUT2D eigenvalue weighted by molar-refractivity contribution is 0.153. The Kier molecular flexibility index (Phi) is 7.55. The van der Waals surface area contributed by atoms with Crippen molar-refractivity contribution in [3.63, 3.8) is 0 Å². The Bertz CT molecular complexity index is 1320. The maximum Gasteiger partial charge on any atom is 0.268 e. The van der Waals surface area contributed by atoms with Gasteiger partial charge in [0.1, 0.15) is 0 Å². The molecule has 0 aliphatic carbocycles. The molecule has 2 aliphatic heterocycles. The summed E-state index contributed by atoms with van der Waals surface area (Å²) < 4.78 is 39.5. The van der Waals surface area contributed by atoms with E-state index >= 15 is 0 Å². The van der Waals surface area contributed by atoms with Gasteiger partial charge in [-0.3, -0.25) is 0 Å². The fourth-order valence-corrected chi connectivity index (χ4v) is 6.23. The van der Waals surface area contributed by atoms with Crippen molar-refractivity contribution < 1.29 is 17.9 Å². The van der Waals surface area contributed by atoms with E-state index < -0.39 is 10.0 Å². The Balaban J connectivity index is 1.34. The van der Waals surface area contributed by atoms with Crippen LogP contribution in [0.4, 0.5) is 0 Å². The fourth-order valence-electron chi connectivity index (χ4n) is 4.53. The van der Waals surface area contributed by atoms with E-state index in [1.54, 1.807) is 30.5 Å². The van der Waals surface area contributed by atoms with Gasteiger partial charge in [-0.15, -0.1) is 0 Å². The molecule has 5 rings (SSSR count). The molecular formula is C26H31ClN4O4S. The van der Waals surface area contributed by atoms with Crippen molar-refractivity contribution in [2.45, 2.75) is 17.9 Å². The van der Waals surface area contributed by atoms with E-state index in [0.29, 0.717) is 28.8 Å². The predicted molar refractivity (Wildman–Crippen MR) is 140 cm³/mol. The van der Waals surface area contributed by atoms with Crippen LogP contribution in [0.25, 0.3) is 11.3 Å². The number of ether oxygens (including phenoxy) is 2. The van der Waals surface area contributed by atoms with E-state index in [1.807, 2.05) is 18.2 Å². The Hall–Kier alpha value is -2.56.